The summed E-state index contributed by atoms with van der Waals surface area (Å²) in [6.07, 6.45) is 0.197. The zero-order chi connectivity index (χ0) is 19.4. The fourth-order valence-corrected chi connectivity index (χ4v) is 3.58. The largest absolute Gasteiger partial charge is 0.388 e. The lowest BCUT2D eigenvalue weighted by Crippen LogP contribution is -2.32. The highest BCUT2D eigenvalue weighted by atomic mass is 35.5. The maximum atomic E-state index is 10.7. The molecule has 0 aliphatic carbocycles. The molecule has 2 nitrogen and oxygen atoms in total. The molecule has 0 saturated carbocycles. The number of benzene rings is 3. The molecule has 0 bridgehead atoms. The molecule has 4 heteroatoms. The molecule has 1 atom stereocenters. The summed E-state index contributed by atoms with van der Waals surface area (Å²) >= 11 is 12.2. The minimum absolute atomic E-state index is 0.364. The lowest BCUT2D eigenvalue weighted by molar-refractivity contribution is 0.127. The zero-order valence-electron chi connectivity index (χ0n) is 15.7. The molecule has 0 radical (unpaired) electrons. The molecule has 0 aliphatic rings. The van der Waals surface area contributed by atoms with Crippen molar-refractivity contribution in [3.8, 4) is 0 Å². The Morgan fingerprint density at radius 1 is 0.889 bits per heavy atom. The molecule has 3 rings (SSSR count). The van der Waals surface area contributed by atoms with Crippen molar-refractivity contribution in [2.24, 2.45) is 0 Å². The molecule has 142 valence electrons. The molecule has 0 heterocycles. The van der Waals surface area contributed by atoms with Crippen LogP contribution in [-0.4, -0.2) is 22.6 Å². The van der Waals surface area contributed by atoms with Gasteiger partial charge in [-0.1, -0.05) is 65.7 Å². The Hall–Kier alpha value is -1.58. The molecule has 3 aromatic rings. The van der Waals surface area contributed by atoms with E-state index in [2.05, 4.69) is 43.0 Å². The monoisotopic (exact) mass is 401 g/mol. The number of hydrogen-bond acceptors (Lipinski definition) is 2. The van der Waals surface area contributed by atoms with Gasteiger partial charge >= 0.3 is 0 Å². The molecule has 3 aromatic carbocycles. The fourth-order valence-electron chi connectivity index (χ4n) is 3.26. The zero-order valence-corrected chi connectivity index (χ0v) is 17.2. The van der Waals surface area contributed by atoms with Crippen molar-refractivity contribution >= 4 is 34.0 Å². The van der Waals surface area contributed by atoms with Crippen molar-refractivity contribution in [2.75, 3.05) is 6.54 Å². The Kier molecular flexibility index (Phi) is 6.78. The van der Waals surface area contributed by atoms with Gasteiger partial charge in [-0.15, -0.1) is 0 Å². The van der Waals surface area contributed by atoms with Gasteiger partial charge in [-0.25, -0.2) is 0 Å². The van der Waals surface area contributed by atoms with Gasteiger partial charge in [0.2, 0.25) is 0 Å². The lowest BCUT2D eigenvalue weighted by Gasteiger charge is -2.28. The topological polar surface area (TPSA) is 23.5 Å². The molecule has 0 saturated heterocycles. The normalized spacial score (nSPS) is 12.9. The van der Waals surface area contributed by atoms with Crippen LogP contribution in [-0.2, 0) is 6.54 Å². The Morgan fingerprint density at radius 3 is 2.33 bits per heavy atom. The van der Waals surface area contributed by atoms with Crippen LogP contribution in [0.15, 0.2) is 60.7 Å². The summed E-state index contributed by atoms with van der Waals surface area (Å²) in [5, 5.41) is 14.2. The second kappa shape index (κ2) is 9.07. The summed E-state index contributed by atoms with van der Waals surface area (Å²) in [7, 11) is 0. The van der Waals surface area contributed by atoms with E-state index in [4.69, 9.17) is 23.2 Å². The van der Waals surface area contributed by atoms with Crippen molar-refractivity contribution in [1.29, 1.82) is 0 Å². The van der Waals surface area contributed by atoms with Crippen molar-refractivity contribution in [3.63, 3.8) is 0 Å². The van der Waals surface area contributed by atoms with Gasteiger partial charge in [-0.05, 0) is 60.4 Å². The van der Waals surface area contributed by atoms with Gasteiger partial charge in [-0.3, -0.25) is 4.90 Å². The van der Waals surface area contributed by atoms with Crippen molar-refractivity contribution in [3.05, 3.63) is 81.8 Å². The number of aliphatic hydroxyl groups excluding tert-OH is 1. The lowest BCUT2D eigenvalue weighted by atomic mass is 10.0. The van der Waals surface area contributed by atoms with Crippen LogP contribution in [0.3, 0.4) is 0 Å². The quantitative estimate of drug-likeness (QED) is 0.489. The summed E-state index contributed by atoms with van der Waals surface area (Å²) in [6, 6.07) is 20.5. The summed E-state index contributed by atoms with van der Waals surface area (Å²) in [6.45, 7) is 5.91. The number of halogens is 2. The van der Waals surface area contributed by atoms with Crippen molar-refractivity contribution in [2.45, 2.75) is 39.0 Å². The summed E-state index contributed by atoms with van der Waals surface area (Å²) in [5.74, 6) is 0. The maximum absolute atomic E-state index is 10.7. The Labute approximate surface area is 171 Å². The van der Waals surface area contributed by atoms with Gasteiger partial charge in [0, 0.05) is 19.1 Å². The van der Waals surface area contributed by atoms with Gasteiger partial charge in [0.25, 0.3) is 0 Å². The number of hydrogen-bond donors (Lipinski definition) is 1. The average Bonchev–Trinajstić information content (AvgIpc) is 2.67. The molecule has 0 amide bonds. The summed E-state index contributed by atoms with van der Waals surface area (Å²) in [5.41, 5.74) is 2.09. The van der Waals surface area contributed by atoms with Gasteiger partial charge in [0.15, 0.2) is 0 Å². The van der Waals surface area contributed by atoms with Gasteiger partial charge in [0.05, 0.1) is 16.1 Å². The number of fused-ring (bicyclic) bond motifs is 1. The minimum Gasteiger partial charge on any atom is -0.388 e. The summed E-state index contributed by atoms with van der Waals surface area (Å²) < 4.78 is 0. The summed E-state index contributed by atoms with van der Waals surface area (Å²) in [4.78, 5) is 2.34. The van der Waals surface area contributed by atoms with Crippen LogP contribution in [0.5, 0.6) is 0 Å². The van der Waals surface area contributed by atoms with Crippen LogP contribution in [0.2, 0.25) is 10.0 Å². The molecular formula is C23H25Cl2NO. The molecule has 1 N–H and O–H groups in total. The number of aliphatic hydroxyl groups is 1. The third-order valence-corrected chi connectivity index (χ3v) is 5.69. The molecule has 1 unspecified atom stereocenters. The van der Waals surface area contributed by atoms with Crippen molar-refractivity contribution < 1.29 is 5.11 Å². The first-order valence-corrected chi connectivity index (χ1v) is 10.0. The van der Waals surface area contributed by atoms with E-state index in [9.17, 15) is 5.11 Å². The molecular weight excluding hydrogens is 377 g/mol. The van der Waals surface area contributed by atoms with Gasteiger partial charge in [0.1, 0.15) is 0 Å². The molecule has 0 spiro atoms. The van der Waals surface area contributed by atoms with Crippen LogP contribution in [0, 0.1) is 0 Å². The smallest absolute Gasteiger partial charge is 0.0802 e. The second-order valence-electron chi connectivity index (χ2n) is 7.22. The van der Waals surface area contributed by atoms with Gasteiger partial charge in [-0.2, -0.15) is 0 Å². The molecule has 0 fully saturated rings. The van der Waals surface area contributed by atoms with Gasteiger partial charge < -0.3 is 5.11 Å². The van der Waals surface area contributed by atoms with E-state index in [1.54, 1.807) is 0 Å². The van der Waals surface area contributed by atoms with Crippen LogP contribution >= 0.6 is 23.2 Å². The molecule has 0 aromatic heterocycles. The maximum Gasteiger partial charge on any atom is 0.0802 e. The van der Waals surface area contributed by atoms with Crippen LogP contribution in [0.4, 0.5) is 0 Å². The van der Waals surface area contributed by atoms with Crippen LogP contribution in [0.1, 0.15) is 37.5 Å². The average molecular weight is 402 g/mol. The minimum atomic E-state index is -0.482. The first-order chi connectivity index (χ1) is 12.9. The highest BCUT2D eigenvalue weighted by Gasteiger charge is 2.15. The van der Waals surface area contributed by atoms with E-state index < -0.39 is 6.10 Å². The Bertz CT molecular complexity index is 910. The van der Waals surface area contributed by atoms with E-state index >= 15 is 0 Å². The van der Waals surface area contributed by atoms with E-state index in [1.165, 1.54) is 5.39 Å². The first-order valence-electron chi connectivity index (χ1n) is 9.29. The predicted octanol–water partition coefficient (Wildman–Crippen LogP) is 6.48. The van der Waals surface area contributed by atoms with Crippen molar-refractivity contribution in [1.82, 2.24) is 4.90 Å². The third kappa shape index (κ3) is 5.24. The predicted molar refractivity (Wildman–Crippen MR) is 116 cm³/mol. The highest BCUT2D eigenvalue weighted by Crippen LogP contribution is 2.25. The number of rotatable bonds is 7. The van der Waals surface area contributed by atoms with E-state index in [1.807, 2.05) is 36.4 Å². The third-order valence-electron chi connectivity index (χ3n) is 4.95. The highest BCUT2D eigenvalue weighted by molar-refractivity contribution is 6.42. The van der Waals surface area contributed by atoms with Crippen LogP contribution < -0.4 is 0 Å². The Morgan fingerprint density at radius 2 is 1.63 bits per heavy atom. The van der Waals surface area contributed by atoms with Crippen LogP contribution in [0.25, 0.3) is 10.8 Å². The number of nitrogens with zero attached hydrogens (tertiary/aromatic N) is 1. The molecule has 27 heavy (non-hydrogen) atoms. The standard InChI is InChI=1S/C23H25Cl2NO/c1-16(2)26(15-17-7-10-21(24)22(25)13-17)12-11-23(27)20-9-8-18-5-3-4-6-19(18)14-20/h3-10,13-14,16,23,27H,11-12,15H2,1-2H3. The fraction of sp³-hybridized carbons (Fsp3) is 0.304. The van der Waals surface area contributed by atoms with E-state index in [0.29, 0.717) is 22.5 Å². The van der Waals surface area contributed by atoms with E-state index in [-0.39, 0.29) is 0 Å². The van der Waals surface area contributed by atoms with E-state index in [0.717, 1.165) is 29.6 Å². The SMILES string of the molecule is CC(C)N(CCC(O)c1ccc2ccccc2c1)Cc1ccc(Cl)c(Cl)c1. The molecule has 0 aliphatic heterocycles. The Balaban J connectivity index is 1.66. The first kappa shape index (κ1) is 20.2. The second-order valence-corrected chi connectivity index (χ2v) is 8.04.